The molecule has 0 radical (unpaired) electrons. The molecule has 1 aliphatic heterocycles. The van der Waals surface area contributed by atoms with Crippen molar-refractivity contribution in [1.82, 2.24) is 0 Å². The lowest BCUT2D eigenvalue weighted by Gasteiger charge is -2.51. The molecule has 2 saturated carbocycles. The minimum absolute atomic E-state index is 0.0390. The van der Waals surface area contributed by atoms with E-state index in [1.807, 2.05) is 0 Å². The van der Waals surface area contributed by atoms with E-state index < -0.39 is 21.6 Å². The van der Waals surface area contributed by atoms with Crippen molar-refractivity contribution in [1.29, 1.82) is 0 Å². The van der Waals surface area contributed by atoms with Gasteiger partial charge in [-0.25, -0.2) is 0 Å². The predicted molar refractivity (Wildman–Crippen MR) is 170 cm³/mol. The average molecular weight is 565 g/mol. The number of fused-ring (bicyclic) bond motifs is 3. The summed E-state index contributed by atoms with van der Waals surface area (Å²) in [7, 11) is -1.10. The molecule has 2 aliphatic carbocycles. The van der Waals surface area contributed by atoms with E-state index in [0.717, 1.165) is 12.6 Å². The minimum atomic E-state index is -0.576. The summed E-state index contributed by atoms with van der Waals surface area (Å²) in [6.45, 7) is 4.05. The third kappa shape index (κ3) is 4.31. The van der Waals surface area contributed by atoms with Crippen molar-refractivity contribution in [3.8, 4) is 0 Å². The van der Waals surface area contributed by atoms with Gasteiger partial charge in [-0.05, 0) is 73.6 Å². The summed E-state index contributed by atoms with van der Waals surface area (Å²) < 4.78 is 13.6. The van der Waals surface area contributed by atoms with Crippen LogP contribution in [-0.4, -0.2) is 31.3 Å². The molecule has 1 saturated heterocycles. The monoisotopic (exact) mass is 564 g/mol. The SMILES string of the molecule is CC1(CP(c2ccccc2)c2ccccc2)C2CCC1(CP(c1ccccc1)c1ccccc1)C1(C2)OCCO1. The quantitative estimate of drug-likeness (QED) is 0.219. The third-order valence-corrected chi connectivity index (χ3v) is 15.6. The lowest BCUT2D eigenvalue weighted by molar-refractivity contribution is -0.234. The Morgan fingerprint density at radius 2 is 1.00 bits per heavy atom. The zero-order chi connectivity index (χ0) is 27.0. The van der Waals surface area contributed by atoms with Crippen molar-refractivity contribution in [3.63, 3.8) is 0 Å². The summed E-state index contributed by atoms with van der Waals surface area (Å²) >= 11 is 0. The zero-order valence-corrected chi connectivity index (χ0v) is 25.1. The fourth-order valence-corrected chi connectivity index (χ4v) is 14.1. The topological polar surface area (TPSA) is 18.5 Å². The molecular weight excluding hydrogens is 526 g/mol. The van der Waals surface area contributed by atoms with E-state index >= 15 is 0 Å². The molecule has 1 heterocycles. The maximum absolute atomic E-state index is 6.80. The highest BCUT2D eigenvalue weighted by Gasteiger charge is 2.75. The molecule has 40 heavy (non-hydrogen) atoms. The second-order valence-corrected chi connectivity index (χ2v) is 16.3. The fraction of sp³-hybridized carbons (Fsp3) is 0.333. The molecule has 0 amide bonds. The first-order valence-electron chi connectivity index (χ1n) is 14.7. The van der Waals surface area contributed by atoms with Gasteiger partial charge in [0.2, 0.25) is 0 Å². The summed E-state index contributed by atoms with van der Waals surface area (Å²) in [5.41, 5.74) is 0.0710. The largest absolute Gasteiger partial charge is 0.347 e. The molecular formula is C36H38O2P2. The van der Waals surface area contributed by atoms with Gasteiger partial charge in [0.05, 0.1) is 13.2 Å². The van der Waals surface area contributed by atoms with Crippen molar-refractivity contribution < 1.29 is 9.47 Å². The van der Waals surface area contributed by atoms with Crippen LogP contribution in [0.2, 0.25) is 0 Å². The normalized spacial score (nSPS) is 26.7. The Labute approximate surface area is 241 Å². The van der Waals surface area contributed by atoms with Gasteiger partial charge in [0, 0.05) is 11.8 Å². The van der Waals surface area contributed by atoms with Gasteiger partial charge < -0.3 is 9.47 Å². The fourth-order valence-electron chi connectivity index (χ4n) is 8.09. The molecule has 2 bridgehead atoms. The molecule has 0 aromatic heterocycles. The smallest absolute Gasteiger partial charge is 0.175 e. The Hall–Kier alpha value is -2.34. The standard InChI is InChI=1S/C36H38O2P2/c1-34(27-39(30-14-6-2-7-15-30)31-16-8-3-9-17-31)29-22-23-35(34,36(26-29)37-24-25-38-36)28-40(32-18-10-4-11-19-32)33-20-12-5-13-21-33/h2-21,29H,22-28H2,1H3. The van der Waals surface area contributed by atoms with Crippen LogP contribution in [-0.2, 0) is 9.47 Å². The molecule has 204 valence electrons. The summed E-state index contributed by atoms with van der Waals surface area (Å²) in [4.78, 5) is 0. The van der Waals surface area contributed by atoms with Gasteiger partial charge in [-0.3, -0.25) is 0 Å². The number of hydrogen-bond donors (Lipinski definition) is 0. The van der Waals surface area contributed by atoms with Crippen molar-refractivity contribution in [3.05, 3.63) is 121 Å². The van der Waals surface area contributed by atoms with Crippen LogP contribution in [0.15, 0.2) is 121 Å². The van der Waals surface area contributed by atoms with E-state index in [4.69, 9.17) is 9.47 Å². The lowest BCUT2D eigenvalue weighted by Crippen LogP contribution is -2.54. The van der Waals surface area contributed by atoms with E-state index in [2.05, 4.69) is 128 Å². The molecule has 4 aromatic rings. The zero-order valence-electron chi connectivity index (χ0n) is 23.3. The first kappa shape index (κ1) is 26.6. The second kappa shape index (κ2) is 10.8. The highest BCUT2D eigenvalue weighted by atomic mass is 31.1. The predicted octanol–water partition coefficient (Wildman–Crippen LogP) is 6.80. The van der Waals surface area contributed by atoms with Crippen LogP contribution in [0.25, 0.3) is 0 Å². The molecule has 4 heteroatoms. The second-order valence-electron chi connectivity index (χ2n) is 11.9. The van der Waals surface area contributed by atoms with Crippen LogP contribution in [0.1, 0.15) is 26.2 Å². The number of benzene rings is 4. The Balaban J connectivity index is 1.36. The van der Waals surface area contributed by atoms with Gasteiger partial charge in [-0.15, -0.1) is 0 Å². The first-order chi connectivity index (χ1) is 19.6. The Kier molecular flexibility index (Phi) is 7.18. The molecule has 1 spiro atoms. The van der Waals surface area contributed by atoms with Gasteiger partial charge >= 0.3 is 0 Å². The third-order valence-electron chi connectivity index (χ3n) is 10.1. The van der Waals surface area contributed by atoms with Crippen molar-refractivity contribution >= 4 is 37.1 Å². The van der Waals surface area contributed by atoms with Gasteiger partial charge in [0.1, 0.15) is 0 Å². The van der Waals surface area contributed by atoms with Crippen LogP contribution < -0.4 is 21.2 Å². The lowest BCUT2D eigenvalue weighted by atomic mass is 9.68. The minimum Gasteiger partial charge on any atom is -0.347 e. The summed E-state index contributed by atoms with van der Waals surface area (Å²) in [5.74, 6) is 0.134. The summed E-state index contributed by atoms with van der Waals surface area (Å²) in [6.07, 6.45) is 5.76. The Bertz CT molecular complexity index is 1330. The molecule has 3 aliphatic rings. The van der Waals surface area contributed by atoms with Crippen LogP contribution in [0, 0.1) is 16.7 Å². The van der Waals surface area contributed by atoms with Crippen molar-refractivity contribution in [2.45, 2.75) is 32.0 Å². The van der Waals surface area contributed by atoms with Gasteiger partial charge in [0.15, 0.2) is 5.79 Å². The summed E-state index contributed by atoms with van der Waals surface area (Å²) in [5, 5.41) is 5.86. The highest BCUT2D eigenvalue weighted by molar-refractivity contribution is 7.73. The van der Waals surface area contributed by atoms with Crippen LogP contribution in [0.4, 0.5) is 0 Å². The molecule has 0 N–H and O–H groups in total. The number of ether oxygens (including phenoxy) is 2. The summed E-state index contributed by atoms with van der Waals surface area (Å²) in [6, 6.07) is 45.0. The van der Waals surface area contributed by atoms with E-state index in [1.54, 1.807) is 0 Å². The van der Waals surface area contributed by atoms with E-state index in [-0.39, 0.29) is 10.8 Å². The van der Waals surface area contributed by atoms with Gasteiger partial charge in [-0.1, -0.05) is 128 Å². The van der Waals surface area contributed by atoms with E-state index in [1.165, 1.54) is 40.2 Å². The van der Waals surface area contributed by atoms with Gasteiger partial charge in [0.25, 0.3) is 0 Å². The number of rotatable bonds is 8. The Morgan fingerprint density at radius 1 is 0.600 bits per heavy atom. The van der Waals surface area contributed by atoms with Crippen molar-refractivity contribution in [2.75, 3.05) is 25.5 Å². The molecule has 3 atom stereocenters. The van der Waals surface area contributed by atoms with E-state index in [9.17, 15) is 0 Å². The maximum atomic E-state index is 6.80. The van der Waals surface area contributed by atoms with E-state index in [0.29, 0.717) is 19.1 Å². The van der Waals surface area contributed by atoms with Crippen LogP contribution in [0.5, 0.6) is 0 Å². The highest BCUT2D eigenvalue weighted by Crippen LogP contribution is 2.76. The molecule has 3 unspecified atom stereocenters. The van der Waals surface area contributed by atoms with Crippen molar-refractivity contribution in [2.24, 2.45) is 16.7 Å². The molecule has 2 nitrogen and oxygen atoms in total. The van der Waals surface area contributed by atoms with Crippen LogP contribution >= 0.6 is 15.8 Å². The van der Waals surface area contributed by atoms with Gasteiger partial charge in [-0.2, -0.15) is 0 Å². The molecule has 4 aromatic carbocycles. The molecule has 3 fully saturated rings. The number of hydrogen-bond acceptors (Lipinski definition) is 2. The first-order valence-corrected chi connectivity index (χ1v) is 17.7. The van der Waals surface area contributed by atoms with Crippen LogP contribution in [0.3, 0.4) is 0 Å². The average Bonchev–Trinajstić information content (AvgIpc) is 3.65. The Morgan fingerprint density at radius 3 is 1.43 bits per heavy atom. The molecule has 7 rings (SSSR count). The maximum Gasteiger partial charge on any atom is 0.175 e.